The Balaban J connectivity index is 2.93. The number of rotatable bonds is 7. The van der Waals surface area contributed by atoms with Gasteiger partial charge in [-0.15, -0.1) is 0 Å². The average molecular weight is 273 g/mol. The van der Waals surface area contributed by atoms with Crippen molar-refractivity contribution in [2.24, 2.45) is 0 Å². The quantitative estimate of drug-likeness (QED) is 0.355. The highest BCUT2D eigenvalue weighted by Gasteiger charge is 2.16. The lowest BCUT2D eigenvalue weighted by molar-refractivity contribution is -0.385. The van der Waals surface area contributed by atoms with Crippen LogP contribution in [0.5, 0.6) is 5.75 Å². The van der Waals surface area contributed by atoms with E-state index < -0.39 is 15.6 Å². The van der Waals surface area contributed by atoms with Crippen LogP contribution in [0.2, 0.25) is 0 Å². The van der Waals surface area contributed by atoms with Crippen molar-refractivity contribution in [2.75, 3.05) is 6.61 Å². The van der Waals surface area contributed by atoms with Crippen LogP contribution in [0.25, 0.3) is 0 Å². The first kappa shape index (κ1) is 14.4. The van der Waals surface area contributed by atoms with Crippen LogP contribution in [0.1, 0.15) is 25.3 Å². The number of nitrogens with zero attached hydrogens (tertiary/aromatic N) is 1. The molecule has 0 spiro atoms. The van der Waals surface area contributed by atoms with Gasteiger partial charge in [0.15, 0.2) is 5.75 Å². The maximum absolute atomic E-state index is 10.9. The minimum Gasteiger partial charge on any atom is -0.487 e. The number of benzene rings is 1. The van der Waals surface area contributed by atoms with Crippen molar-refractivity contribution in [3.05, 3.63) is 33.9 Å². The van der Waals surface area contributed by atoms with E-state index in [-0.39, 0.29) is 17.2 Å². The number of unbranched alkanes of at least 4 members (excludes halogenated alkanes) is 1. The Morgan fingerprint density at radius 2 is 2.11 bits per heavy atom. The molecular weight excluding hydrogens is 258 g/mol. The highest BCUT2D eigenvalue weighted by Crippen LogP contribution is 2.28. The number of nitro groups is 1. The molecule has 6 nitrogen and oxygen atoms in total. The lowest BCUT2D eigenvalue weighted by Crippen LogP contribution is -2.01. The van der Waals surface area contributed by atoms with Crippen LogP contribution in [0.4, 0.5) is 5.69 Å². The van der Waals surface area contributed by atoms with Crippen molar-refractivity contribution in [1.82, 2.24) is 0 Å². The third-order valence-corrected chi connectivity index (χ3v) is 2.91. The highest BCUT2D eigenvalue weighted by atomic mass is 32.2. The van der Waals surface area contributed by atoms with Gasteiger partial charge in [0.05, 0.1) is 17.3 Å². The Morgan fingerprint density at radius 3 is 2.67 bits per heavy atom. The molecule has 0 fully saturated rings. The van der Waals surface area contributed by atoms with Gasteiger partial charge in [-0.25, -0.2) is 8.42 Å². The average Bonchev–Trinajstić information content (AvgIpc) is 2.30. The molecular formula is C11H15NO5S. The van der Waals surface area contributed by atoms with Crippen LogP contribution in [-0.4, -0.2) is 19.9 Å². The molecule has 0 aliphatic rings. The summed E-state index contributed by atoms with van der Waals surface area (Å²) in [7, 11) is -2.60. The Kier molecular flexibility index (Phi) is 5.57. The number of ether oxygens (including phenoxy) is 1. The maximum Gasteiger partial charge on any atom is 0.311 e. The number of thiol groups is 1. The SMILES string of the molecule is CCCCOc1ccc(C[SH](=O)=O)cc1[N+](=O)[O-]. The molecule has 0 saturated carbocycles. The van der Waals surface area contributed by atoms with Crippen molar-refractivity contribution in [3.63, 3.8) is 0 Å². The second-order valence-corrected chi connectivity index (χ2v) is 4.73. The monoisotopic (exact) mass is 273 g/mol. The van der Waals surface area contributed by atoms with Crippen molar-refractivity contribution in [1.29, 1.82) is 0 Å². The first-order valence-electron chi connectivity index (χ1n) is 5.56. The van der Waals surface area contributed by atoms with E-state index in [9.17, 15) is 18.5 Å². The first-order valence-corrected chi connectivity index (χ1v) is 6.92. The molecule has 0 amide bonds. The van der Waals surface area contributed by atoms with Crippen LogP contribution < -0.4 is 4.74 Å². The van der Waals surface area contributed by atoms with Crippen LogP contribution in [-0.2, 0) is 16.5 Å². The van der Waals surface area contributed by atoms with Gasteiger partial charge in [-0.1, -0.05) is 19.4 Å². The second-order valence-electron chi connectivity index (χ2n) is 3.75. The Bertz CT molecular complexity index is 490. The molecule has 0 heterocycles. The van der Waals surface area contributed by atoms with E-state index in [4.69, 9.17) is 4.74 Å². The van der Waals surface area contributed by atoms with E-state index in [2.05, 4.69) is 0 Å². The largest absolute Gasteiger partial charge is 0.487 e. The summed E-state index contributed by atoms with van der Waals surface area (Å²) in [6, 6.07) is 4.22. The first-order chi connectivity index (χ1) is 8.54. The van der Waals surface area contributed by atoms with Crippen LogP contribution in [0.3, 0.4) is 0 Å². The minimum absolute atomic E-state index is 0.179. The molecule has 7 heteroatoms. The van der Waals surface area contributed by atoms with E-state index in [0.29, 0.717) is 12.2 Å². The summed E-state index contributed by atoms with van der Waals surface area (Å²) in [5.41, 5.74) is 0.195. The van der Waals surface area contributed by atoms with Crippen LogP contribution in [0, 0.1) is 10.1 Å². The lowest BCUT2D eigenvalue weighted by atomic mass is 10.2. The Morgan fingerprint density at radius 1 is 1.39 bits per heavy atom. The maximum atomic E-state index is 10.9. The molecule has 0 unspecified atom stereocenters. The number of nitro benzene ring substituents is 1. The normalized spacial score (nSPS) is 10.6. The minimum atomic E-state index is -2.60. The molecule has 0 atom stereocenters. The molecule has 1 aromatic rings. The molecule has 1 aromatic carbocycles. The topological polar surface area (TPSA) is 86.5 Å². The summed E-state index contributed by atoms with van der Waals surface area (Å²) in [6.45, 7) is 2.40. The molecule has 0 aliphatic carbocycles. The van der Waals surface area contributed by atoms with E-state index in [0.717, 1.165) is 12.8 Å². The summed E-state index contributed by atoms with van der Waals surface area (Å²) in [5, 5.41) is 10.9. The Hall–Kier alpha value is -1.63. The molecule has 100 valence electrons. The van der Waals surface area contributed by atoms with Crippen molar-refractivity contribution in [2.45, 2.75) is 25.5 Å². The standard InChI is InChI=1S/C11H15NO5S/c1-2-3-6-17-11-5-4-9(8-18(15)16)7-10(11)12(13)14/h4-5,7,18H,2-3,6,8H2,1H3. The number of hydrogen-bond acceptors (Lipinski definition) is 5. The van der Waals surface area contributed by atoms with E-state index >= 15 is 0 Å². The molecule has 18 heavy (non-hydrogen) atoms. The van der Waals surface area contributed by atoms with Crippen molar-refractivity contribution in [3.8, 4) is 5.75 Å². The van der Waals surface area contributed by atoms with Gasteiger partial charge < -0.3 is 4.74 Å². The zero-order chi connectivity index (χ0) is 13.5. The van der Waals surface area contributed by atoms with Gasteiger partial charge in [0.2, 0.25) is 0 Å². The fourth-order valence-corrected chi connectivity index (χ4v) is 1.90. The third kappa shape index (κ3) is 4.33. The second kappa shape index (κ2) is 6.95. The zero-order valence-electron chi connectivity index (χ0n) is 10.00. The molecule has 0 bridgehead atoms. The van der Waals surface area contributed by atoms with Gasteiger partial charge in [-0.3, -0.25) is 10.1 Å². The van der Waals surface area contributed by atoms with Gasteiger partial charge >= 0.3 is 5.69 Å². The van der Waals surface area contributed by atoms with Crippen LogP contribution >= 0.6 is 0 Å². The highest BCUT2D eigenvalue weighted by molar-refractivity contribution is 7.71. The predicted octanol–water partition coefficient (Wildman–Crippen LogP) is 1.89. The van der Waals surface area contributed by atoms with Crippen LogP contribution in [0.15, 0.2) is 18.2 Å². The van der Waals surface area contributed by atoms with Gasteiger partial charge in [0.25, 0.3) is 0 Å². The summed E-state index contributed by atoms with van der Waals surface area (Å²) >= 11 is 0. The van der Waals surface area contributed by atoms with Gasteiger partial charge in [-0.05, 0) is 18.1 Å². The van der Waals surface area contributed by atoms with Gasteiger partial charge in [0, 0.05) is 6.07 Å². The van der Waals surface area contributed by atoms with E-state index in [1.165, 1.54) is 18.2 Å². The molecule has 0 radical (unpaired) electrons. The summed E-state index contributed by atoms with van der Waals surface area (Å²) in [4.78, 5) is 10.3. The molecule has 0 aliphatic heterocycles. The summed E-state index contributed by atoms with van der Waals surface area (Å²) in [6.07, 6.45) is 1.74. The summed E-state index contributed by atoms with van der Waals surface area (Å²) in [5.74, 6) is -0.0240. The predicted molar refractivity (Wildman–Crippen MR) is 67.5 cm³/mol. The molecule has 1 rings (SSSR count). The van der Waals surface area contributed by atoms with Gasteiger partial charge in [-0.2, -0.15) is 0 Å². The van der Waals surface area contributed by atoms with Gasteiger partial charge in [0.1, 0.15) is 10.7 Å². The van der Waals surface area contributed by atoms with Crippen molar-refractivity contribution >= 4 is 16.4 Å². The zero-order valence-corrected chi connectivity index (χ0v) is 10.9. The molecule has 0 saturated heterocycles. The fourth-order valence-electron chi connectivity index (χ4n) is 1.40. The third-order valence-electron chi connectivity index (χ3n) is 2.29. The number of hydrogen-bond donors (Lipinski definition) is 1. The molecule has 0 N–H and O–H groups in total. The smallest absolute Gasteiger partial charge is 0.311 e. The molecule has 0 aromatic heterocycles. The van der Waals surface area contributed by atoms with Crippen molar-refractivity contribution < 1.29 is 18.1 Å². The summed E-state index contributed by atoms with van der Waals surface area (Å²) < 4.78 is 26.5. The Labute approximate surface area is 107 Å². The fraction of sp³-hybridized carbons (Fsp3) is 0.455. The van der Waals surface area contributed by atoms with E-state index in [1.807, 2.05) is 6.92 Å². The van der Waals surface area contributed by atoms with E-state index in [1.54, 1.807) is 0 Å². The lowest BCUT2D eigenvalue weighted by Gasteiger charge is -2.06.